The Balaban J connectivity index is 1.44. The summed E-state index contributed by atoms with van der Waals surface area (Å²) in [7, 11) is 4.82. The van der Waals surface area contributed by atoms with Crippen LogP contribution in [0.5, 0.6) is 11.5 Å². The molecule has 0 saturated carbocycles. The summed E-state index contributed by atoms with van der Waals surface area (Å²) in [5.74, 6) is 1.14. The van der Waals surface area contributed by atoms with Gasteiger partial charge in [0.2, 0.25) is 0 Å². The molecule has 0 bridgehead atoms. The van der Waals surface area contributed by atoms with Crippen LogP contribution in [0.15, 0.2) is 77.2 Å². The van der Waals surface area contributed by atoms with Gasteiger partial charge in [-0.1, -0.05) is 30.3 Å². The van der Waals surface area contributed by atoms with Gasteiger partial charge in [-0.05, 0) is 53.2 Å². The van der Waals surface area contributed by atoms with E-state index in [4.69, 9.17) is 13.9 Å². The molecule has 0 fully saturated rings. The number of nitrogens with zero attached hydrogens (tertiary/aromatic N) is 1. The Hall–Kier alpha value is -4.26. The Morgan fingerprint density at radius 3 is 2.48 bits per heavy atom. The molecule has 0 aliphatic heterocycles. The molecule has 0 aliphatic carbocycles. The molecule has 1 aromatic heterocycles. The fourth-order valence-electron chi connectivity index (χ4n) is 3.37. The van der Waals surface area contributed by atoms with Gasteiger partial charge in [-0.3, -0.25) is 9.59 Å². The second kappa shape index (κ2) is 9.48. The lowest BCUT2D eigenvalue weighted by molar-refractivity contribution is 0.0827. The van der Waals surface area contributed by atoms with E-state index >= 15 is 0 Å². The number of methoxy groups -OCH3 is 1. The maximum Gasteiger partial charge on any atom is 0.291 e. The van der Waals surface area contributed by atoms with Crippen molar-refractivity contribution in [3.63, 3.8) is 0 Å². The summed E-state index contributed by atoms with van der Waals surface area (Å²) in [6, 6.07) is 22.0. The Morgan fingerprint density at radius 2 is 1.73 bits per heavy atom. The molecular formula is C26H24N2O5. The number of carbonyl (C=O) groups is 2. The molecule has 33 heavy (non-hydrogen) atoms. The molecule has 168 valence electrons. The van der Waals surface area contributed by atoms with Crippen molar-refractivity contribution in [3.05, 3.63) is 89.9 Å². The van der Waals surface area contributed by atoms with Crippen LogP contribution in [-0.2, 0) is 6.61 Å². The van der Waals surface area contributed by atoms with E-state index in [2.05, 4.69) is 5.32 Å². The van der Waals surface area contributed by atoms with Crippen molar-refractivity contribution in [2.24, 2.45) is 0 Å². The minimum absolute atomic E-state index is 0.124. The van der Waals surface area contributed by atoms with Crippen molar-refractivity contribution in [2.75, 3.05) is 26.5 Å². The lowest BCUT2D eigenvalue weighted by Gasteiger charge is -2.14. The molecule has 1 heterocycles. The minimum Gasteiger partial charge on any atom is -0.495 e. The molecular weight excluding hydrogens is 420 g/mol. The number of furan rings is 1. The second-order valence-corrected chi connectivity index (χ2v) is 7.63. The molecule has 7 heteroatoms. The van der Waals surface area contributed by atoms with E-state index in [-0.39, 0.29) is 18.3 Å². The summed E-state index contributed by atoms with van der Waals surface area (Å²) in [6.07, 6.45) is 0. The molecule has 7 nitrogen and oxygen atoms in total. The van der Waals surface area contributed by atoms with Gasteiger partial charge in [0.1, 0.15) is 23.9 Å². The zero-order valence-electron chi connectivity index (χ0n) is 18.6. The highest BCUT2D eigenvalue weighted by molar-refractivity contribution is 6.04. The zero-order valence-corrected chi connectivity index (χ0v) is 18.6. The average Bonchev–Trinajstić information content (AvgIpc) is 3.31. The lowest BCUT2D eigenvalue weighted by atomic mass is 10.1. The third-order valence-corrected chi connectivity index (χ3v) is 5.09. The van der Waals surface area contributed by atoms with E-state index in [1.165, 1.54) is 12.0 Å². The summed E-state index contributed by atoms with van der Waals surface area (Å²) in [5.41, 5.74) is 0.806. The number of ether oxygens (including phenoxy) is 2. The van der Waals surface area contributed by atoms with Crippen molar-refractivity contribution >= 4 is 28.3 Å². The maximum atomic E-state index is 12.7. The van der Waals surface area contributed by atoms with Crippen LogP contribution in [0.2, 0.25) is 0 Å². The smallest absolute Gasteiger partial charge is 0.291 e. The van der Waals surface area contributed by atoms with Gasteiger partial charge in [-0.25, -0.2) is 0 Å². The number of hydrogen-bond acceptors (Lipinski definition) is 5. The van der Waals surface area contributed by atoms with E-state index in [0.29, 0.717) is 28.5 Å². The molecule has 0 atom stereocenters. The summed E-state index contributed by atoms with van der Waals surface area (Å²) >= 11 is 0. The zero-order chi connectivity index (χ0) is 23.4. The number of rotatable bonds is 7. The van der Waals surface area contributed by atoms with Gasteiger partial charge in [0, 0.05) is 19.7 Å². The van der Waals surface area contributed by atoms with Crippen LogP contribution in [0.25, 0.3) is 10.8 Å². The van der Waals surface area contributed by atoms with Crippen LogP contribution >= 0.6 is 0 Å². The minimum atomic E-state index is -0.459. The topological polar surface area (TPSA) is 81.0 Å². The van der Waals surface area contributed by atoms with Crippen LogP contribution in [0.4, 0.5) is 5.69 Å². The summed E-state index contributed by atoms with van der Waals surface area (Å²) in [4.78, 5) is 26.5. The summed E-state index contributed by atoms with van der Waals surface area (Å²) in [5, 5.41) is 4.96. The Bertz CT molecular complexity index is 1310. The maximum absolute atomic E-state index is 12.7. The van der Waals surface area contributed by atoms with Crippen molar-refractivity contribution < 1.29 is 23.5 Å². The van der Waals surface area contributed by atoms with Gasteiger partial charge < -0.3 is 24.1 Å². The van der Waals surface area contributed by atoms with Gasteiger partial charge in [0.05, 0.1) is 12.8 Å². The fourth-order valence-corrected chi connectivity index (χ4v) is 3.37. The molecule has 3 aromatic carbocycles. The normalized spacial score (nSPS) is 10.6. The highest BCUT2D eigenvalue weighted by Gasteiger charge is 2.17. The Labute approximate surface area is 191 Å². The third kappa shape index (κ3) is 4.98. The van der Waals surface area contributed by atoms with Crippen molar-refractivity contribution in [1.82, 2.24) is 4.90 Å². The van der Waals surface area contributed by atoms with E-state index in [1.54, 1.807) is 44.4 Å². The predicted octanol–water partition coefficient (Wildman–Crippen LogP) is 4.97. The van der Waals surface area contributed by atoms with Crippen LogP contribution in [-0.4, -0.2) is 37.9 Å². The highest BCUT2D eigenvalue weighted by Crippen LogP contribution is 2.27. The van der Waals surface area contributed by atoms with Crippen LogP contribution in [0.1, 0.15) is 26.7 Å². The monoisotopic (exact) mass is 444 g/mol. The first-order valence-electron chi connectivity index (χ1n) is 10.4. The Kier molecular flexibility index (Phi) is 6.31. The number of hydrogen-bond donors (Lipinski definition) is 1. The molecule has 0 aliphatic rings. The molecule has 2 amide bonds. The van der Waals surface area contributed by atoms with Crippen LogP contribution in [0.3, 0.4) is 0 Å². The van der Waals surface area contributed by atoms with E-state index < -0.39 is 5.91 Å². The summed E-state index contributed by atoms with van der Waals surface area (Å²) in [6.45, 7) is 0.182. The first-order chi connectivity index (χ1) is 15.9. The Morgan fingerprint density at radius 1 is 0.939 bits per heavy atom. The van der Waals surface area contributed by atoms with Crippen LogP contribution in [0, 0.1) is 0 Å². The van der Waals surface area contributed by atoms with Gasteiger partial charge >= 0.3 is 0 Å². The van der Waals surface area contributed by atoms with Gasteiger partial charge in [-0.2, -0.15) is 0 Å². The lowest BCUT2D eigenvalue weighted by Crippen LogP contribution is -2.22. The van der Waals surface area contributed by atoms with Gasteiger partial charge in [0.25, 0.3) is 11.8 Å². The van der Waals surface area contributed by atoms with Gasteiger partial charge in [-0.15, -0.1) is 0 Å². The first-order valence-corrected chi connectivity index (χ1v) is 10.4. The number of amides is 2. The van der Waals surface area contributed by atoms with E-state index in [0.717, 1.165) is 10.8 Å². The second-order valence-electron chi connectivity index (χ2n) is 7.63. The molecule has 0 radical (unpaired) electrons. The van der Waals surface area contributed by atoms with Crippen LogP contribution < -0.4 is 14.8 Å². The molecule has 0 saturated heterocycles. The summed E-state index contributed by atoms with van der Waals surface area (Å²) < 4.78 is 16.8. The highest BCUT2D eigenvalue weighted by atomic mass is 16.5. The largest absolute Gasteiger partial charge is 0.495 e. The number of anilines is 1. The number of nitrogens with one attached hydrogen (secondary N) is 1. The van der Waals surface area contributed by atoms with Gasteiger partial charge in [0.15, 0.2) is 5.76 Å². The quantitative estimate of drug-likeness (QED) is 0.435. The molecule has 0 spiro atoms. The SMILES string of the molecule is COc1ccc(C(=O)N(C)C)cc1NC(=O)c1ccc(COc2ccc3ccccc3c2)o1. The molecule has 0 unspecified atom stereocenters. The van der Waals surface area contributed by atoms with Crippen molar-refractivity contribution in [1.29, 1.82) is 0 Å². The average molecular weight is 444 g/mol. The number of fused-ring (bicyclic) bond motifs is 1. The van der Waals surface area contributed by atoms with E-state index in [1.807, 2.05) is 42.5 Å². The number of carbonyl (C=O) groups excluding carboxylic acids is 2. The molecule has 4 aromatic rings. The standard InChI is InChI=1S/C26H24N2O5/c1-28(2)26(30)19-9-12-23(31-3)22(15-19)27-25(29)24-13-11-21(33-24)16-32-20-10-8-17-6-4-5-7-18(17)14-20/h4-15H,16H2,1-3H3,(H,27,29). The van der Waals surface area contributed by atoms with Crippen molar-refractivity contribution in [3.8, 4) is 11.5 Å². The third-order valence-electron chi connectivity index (χ3n) is 5.09. The number of benzene rings is 3. The first kappa shape index (κ1) is 22.0. The fraction of sp³-hybridized carbons (Fsp3) is 0.154. The molecule has 1 N–H and O–H groups in total. The van der Waals surface area contributed by atoms with Crippen molar-refractivity contribution in [2.45, 2.75) is 6.61 Å². The van der Waals surface area contributed by atoms with E-state index in [9.17, 15) is 9.59 Å². The molecule has 4 rings (SSSR count). The predicted molar refractivity (Wildman–Crippen MR) is 126 cm³/mol.